The van der Waals surface area contributed by atoms with Crippen LogP contribution in [0.2, 0.25) is 0 Å². The van der Waals surface area contributed by atoms with Crippen molar-refractivity contribution in [2.75, 3.05) is 0 Å². The minimum absolute atomic E-state index is 0.295. The van der Waals surface area contributed by atoms with E-state index in [1.54, 1.807) is 0 Å². The van der Waals surface area contributed by atoms with Gasteiger partial charge in [0.1, 0.15) is 11.2 Å². The Morgan fingerprint density at radius 2 is 2.36 bits per heavy atom. The lowest BCUT2D eigenvalue weighted by Crippen LogP contribution is -2.36. The molecule has 2 bridgehead atoms. The van der Waals surface area contributed by atoms with E-state index in [9.17, 15) is 5.11 Å². The summed E-state index contributed by atoms with van der Waals surface area (Å²) in [4.78, 5) is 0. The summed E-state index contributed by atoms with van der Waals surface area (Å²) < 4.78 is 5.94. The number of aliphatic hydroxyl groups excluding tert-OH is 1. The van der Waals surface area contributed by atoms with E-state index < -0.39 is 17.3 Å². The third-order valence-electron chi connectivity index (χ3n) is 3.54. The number of hydrogen-bond acceptors (Lipinski definition) is 2. The van der Waals surface area contributed by atoms with E-state index >= 15 is 0 Å². The molecular formula is C12H16O2. The zero-order chi connectivity index (χ0) is 10.6. The topological polar surface area (TPSA) is 29.5 Å². The maximum absolute atomic E-state index is 9.87. The molecule has 2 heteroatoms. The molecule has 0 aromatic rings. The summed E-state index contributed by atoms with van der Waals surface area (Å²) in [6.45, 7) is 6.05. The molecule has 0 aromatic heterocycles. The van der Waals surface area contributed by atoms with Gasteiger partial charge in [0, 0.05) is 12.0 Å². The number of aliphatic hydroxyl groups is 1. The van der Waals surface area contributed by atoms with E-state index in [1.165, 1.54) is 0 Å². The number of ether oxygens (including phenoxy) is 1. The van der Waals surface area contributed by atoms with Gasteiger partial charge in [-0.25, -0.2) is 0 Å². The molecule has 1 N–H and O–H groups in total. The number of terminal acetylenes is 1. The first-order valence-electron chi connectivity index (χ1n) is 5.03. The molecule has 0 amide bonds. The summed E-state index contributed by atoms with van der Waals surface area (Å²) >= 11 is 0. The van der Waals surface area contributed by atoms with E-state index in [-0.39, 0.29) is 0 Å². The van der Waals surface area contributed by atoms with Crippen LogP contribution < -0.4 is 0 Å². The largest absolute Gasteiger partial charge is 0.390 e. The predicted octanol–water partition coefficient (Wildman–Crippen LogP) is 1.49. The van der Waals surface area contributed by atoms with Crippen molar-refractivity contribution in [3.8, 4) is 12.3 Å². The second kappa shape index (κ2) is 2.62. The van der Waals surface area contributed by atoms with Crippen LogP contribution in [-0.2, 0) is 4.74 Å². The Morgan fingerprint density at radius 1 is 1.71 bits per heavy atom. The molecule has 2 heterocycles. The zero-order valence-electron chi connectivity index (χ0n) is 8.87. The van der Waals surface area contributed by atoms with E-state index in [1.807, 2.05) is 13.0 Å². The molecule has 0 saturated carbocycles. The van der Waals surface area contributed by atoms with Crippen LogP contribution in [0.15, 0.2) is 11.6 Å². The van der Waals surface area contributed by atoms with Crippen LogP contribution in [-0.4, -0.2) is 22.4 Å². The van der Waals surface area contributed by atoms with Gasteiger partial charge in [0.15, 0.2) is 0 Å². The third kappa shape index (κ3) is 0.945. The van der Waals surface area contributed by atoms with Gasteiger partial charge in [0.05, 0.1) is 6.10 Å². The highest BCUT2D eigenvalue weighted by molar-refractivity contribution is 5.45. The summed E-state index contributed by atoms with van der Waals surface area (Å²) in [6, 6.07) is 0. The molecule has 0 spiro atoms. The minimum Gasteiger partial charge on any atom is -0.390 e. The van der Waals surface area contributed by atoms with Gasteiger partial charge in [0.25, 0.3) is 0 Å². The van der Waals surface area contributed by atoms with E-state index in [4.69, 9.17) is 11.2 Å². The fourth-order valence-electron chi connectivity index (χ4n) is 2.52. The standard InChI is InChI=1S/C12H16O2/c1-5-9-6-11(4)10(13)7-12(9,14-11)8(2)3/h1,6,8,10,13H,7H2,2-4H3/t10-,11+,12-/m1/s1. The number of rotatable bonds is 1. The predicted molar refractivity (Wildman–Crippen MR) is 54.6 cm³/mol. The van der Waals surface area contributed by atoms with Gasteiger partial charge in [-0.2, -0.15) is 0 Å². The smallest absolute Gasteiger partial charge is 0.112 e. The van der Waals surface area contributed by atoms with Crippen molar-refractivity contribution in [1.29, 1.82) is 0 Å². The molecule has 2 aliphatic rings. The van der Waals surface area contributed by atoms with Crippen molar-refractivity contribution >= 4 is 0 Å². The Kier molecular flexibility index (Phi) is 1.83. The van der Waals surface area contributed by atoms with E-state index in [0.29, 0.717) is 12.3 Å². The van der Waals surface area contributed by atoms with Gasteiger partial charge in [-0.1, -0.05) is 19.8 Å². The van der Waals surface area contributed by atoms with E-state index in [0.717, 1.165) is 5.57 Å². The molecule has 2 rings (SSSR count). The van der Waals surface area contributed by atoms with Crippen molar-refractivity contribution in [2.24, 2.45) is 5.92 Å². The molecule has 14 heavy (non-hydrogen) atoms. The fraction of sp³-hybridized carbons (Fsp3) is 0.667. The first-order chi connectivity index (χ1) is 6.44. The van der Waals surface area contributed by atoms with Crippen molar-refractivity contribution in [1.82, 2.24) is 0 Å². The normalized spacial score (nSPS) is 45.4. The molecule has 1 saturated heterocycles. The van der Waals surface area contributed by atoms with Crippen LogP contribution in [0.5, 0.6) is 0 Å². The van der Waals surface area contributed by atoms with Crippen molar-refractivity contribution < 1.29 is 9.84 Å². The summed E-state index contributed by atoms with van der Waals surface area (Å²) in [5.41, 5.74) is -0.0742. The monoisotopic (exact) mass is 192 g/mol. The third-order valence-corrected chi connectivity index (χ3v) is 3.54. The Labute approximate surface area is 85.0 Å². The molecule has 3 atom stereocenters. The van der Waals surface area contributed by atoms with Crippen LogP contribution in [0, 0.1) is 18.3 Å². The second-order valence-electron chi connectivity index (χ2n) is 4.75. The van der Waals surface area contributed by atoms with Crippen LogP contribution in [0.25, 0.3) is 0 Å². The molecule has 0 aromatic carbocycles. The Balaban J connectivity index is 2.48. The summed E-state index contributed by atoms with van der Waals surface area (Å²) in [5, 5.41) is 9.87. The maximum Gasteiger partial charge on any atom is 0.112 e. The van der Waals surface area contributed by atoms with Gasteiger partial charge < -0.3 is 9.84 Å². The van der Waals surface area contributed by atoms with Crippen LogP contribution >= 0.6 is 0 Å². The molecule has 0 unspecified atom stereocenters. The summed E-state index contributed by atoms with van der Waals surface area (Å²) in [7, 11) is 0. The van der Waals surface area contributed by atoms with Gasteiger partial charge in [-0.3, -0.25) is 0 Å². The van der Waals surface area contributed by atoms with Gasteiger partial charge in [0.2, 0.25) is 0 Å². The molecule has 2 aliphatic heterocycles. The SMILES string of the molecule is C#CC1=C[C@]2(C)O[C@@]1(C(C)C)C[C@H]2O. The molecule has 76 valence electrons. The Morgan fingerprint density at radius 3 is 2.79 bits per heavy atom. The first kappa shape index (κ1) is 9.76. The lowest BCUT2D eigenvalue weighted by molar-refractivity contribution is -0.0674. The zero-order valence-corrected chi connectivity index (χ0v) is 8.87. The molecule has 0 aliphatic carbocycles. The highest BCUT2D eigenvalue weighted by atomic mass is 16.6. The summed E-state index contributed by atoms with van der Waals surface area (Å²) in [5.74, 6) is 2.98. The molecule has 1 fully saturated rings. The lowest BCUT2D eigenvalue weighted by atomic mass is 9.75. The van der Waals surface area contributed by atoms with Gasteiger partial charge >= 0.3 is 0 Å². The number of hydrogen-bond donors (Lipinski definition) is 1. The average Bonchev–Trinajstić information content (AvgIpc) is 2.53. The average molecular weight is 192 g/mol. The van der Waals surface area contributed by atoms with Crippen LogP contribution in [0.1, 0.15) is 27.2 Å². The molecule has 2 nitrogen and oxygen atoms in total. The van der Waals surface area contributed by atoms with Gasteiger partial charge in [-0.15, -0.1) is 6.42 Å². The van der Waals surface area contributed by atoms with Crippen LogP contribution in [0.3, 0.4) is 0 Å². The van der Waals surface area contributed by atoms with Crippen molar-refractivity contribution in [3.05, 3.63) is 11.6 Å². The second-order valence-corrected chi connectivity index (χ2v) is 4.75. The number of fused-ring (bicyclic) bond motifs is 2. The molecule has 0 radical (unpaired) electrons. The quantitative estimate of drug-likeness (QED) is 0.638. The Bertz CT molecular complexity index is 337. The highest BCUT2D eigenvalue weighted by Crippen LogP contribution is 2.53. The molecular weight excluding hydrogens is 176 g/mol. The van der Waals surface area contributed by atoms with Crippen molar-refractivity contribution in [3.63, 3.8) is 0 Å². The van der Waals surface area contributed by atoms with Gasteiger partial charge in [-0.05, 0) is 18.9 Å². The summed E-state index contributed by atoms with van der Waals surface area (Å²) in [6.07, 6.45) is 7.57. The lowest BCUT2D eigenvalue weighted by Gasteiger charge is -2.30. The maximum atomic E-state index is 9.87. The Hall–Kier alpha value is -0.780. The minimum atomic E-state index is -0.564. The van der Waals surface area contributed by atoms with Crippen molar-refractivity contribution in [2.45, 2.75) is 44.5 Å². The highest BCUT2D eigenvalue weighted by Gasteiger charge is 2.60. The fourth-order valence-corrected chi connectivity index (χ4v) is 2.52. The van der Waals surface area contributed by atoms with Crippen LogP contribution in [0.4, 0.5) is 0 Å². The van der Waals surface area contributed by atoms with E-state index in [2.05, 4.69) is 19.8 Å². The first-order valence-corrected chi connectivity index (χ1v) is 5.03.